The van der Waals surface area contributed by atoms with E-state index in [2.05, 4.69) is 5.32 Å². The fraction of sp³-hybridized carbons (Fsp3) is 0.304. The average molecular weight is 506 g/mol. The lowest BCUT2D eigenvalue weighted by Crippen LogP contribution is -2.29. The minimum atomic E-state index is -4.00. The van der Waals surface area contributed by atoms with Crippen molar-refractivity contribution < 1.29 is 37.7 Å². The fourth-order valence-electron chi connectivity index (χ4n) is 3.35. The van der Waals surface area contributed by atoms with E-state index < -0.39 is 22.1 Å². The number of nitrogens with zero attached hydrogens (tertiary/aromatic N) is 1. The van der Waals surface area contributed by atoms with E-state index in [0.717, 1.165) is 10.5 Å². The van der Waals surface area contributed by atoms with Crippen LogP contribution in [0, 0.1) is 0 Å². The molecule has 188 valence electrons. The van der Waals surface area contributed by atoms with E-state index in [9.17, 15) is 28.2 Å². The third kappa shape index (κ3) is 6.79. The molecule has 11 nitrogen and oxygen atoms in total. The maximum Gasteiger partial charge on any atom is 0.341 e. The predicted octanol–water partition coefficient (Wildman–Crippen LogP) is 2.10. The number of aromatic hydroxyl groups is 1. The molecule has 0 saturated heterocycles. The zero-order valence-electron chi connectivity index (χ0n) is 19.1. The SMILES string of the molecule is COC(=O)c1ccccc1OCCCCNC(=O)CCc1ccc(N2C=C(O)NS2(=O)=O)c(O)c1. The molecule has 35 heavy (non-hydrogen) atoms. The maximum atomic E-state index is 12.1. The van der Waals surface area contributed by atoms with Gasteiger partial charge >= 0.3 is 16.2 Å². The molecule has 12 heteroatoms. The first-order valence-electron chi connectivity index (χ1n) is 10.8. The molecule has 4 N–H and O–H groups in total. The zero-order chi connectivity index (χ0) is 25.4. The second-order valence-corrected chi connectivity index (χ2v) is 9.18. The second-order valence-electron chi connectivity index (χ2n) is 7.63. The normalized spacial score (nSPS) is 14.1. The van der Waals surface area contributed by atoms with Gasteiger partial charge in [-0.2, -0.15) is 8.42 Å². The summed E-state index contributed by atoms with van der Waals surface area (Å²) in [6.45, 7) is 0.839. The van der Waals surface area contributed by atoms with Crippen LogP contribution in [0.3, 0.4) is 0 Å². The molecule has 1 aliphatic heterocycles. The molecule has 0 fully saturated rings. The number of phenolic OH excluding ortho intramolecular Hbond substituents is 1. The summed E-state index contributed by atoms with van der Waals surface area (Å²) < 4.78 is 36.9. The maximum absolute atomic E-state index is 12.1. The number of aliphatic hydroxyl groups is 1. The molecule has 0 spiro atoms. The number of phenols is 1. The number of hydrogen-bond donors (Lipinski definition) is 4. The molecule has 0 unspecified atom stereocenters. The van der Waals surface area contributed by atoms with Crippen LogP contribution < -0.4 is 19.1 Å². The number of aryl methyl sites for hydroxylation is 1. The summed E-state index contributed by atoms with van der Waals surface area (Å²) in [6.07, 6.45) is 2.83. The molecule has 0 aliphatic carbocycles. The monoisotopic (exact) mass is 505 g/mol. The minimum absolute atomic E-state index is 0.0221. The van der Waals surface area contributed by atoms with Gasteiger partial charge in [-0.05, 0) is 49.1 Å². The van der Waals surface area contributed by atoms with Gasteiger partial charge in [0.2, 0.25) is 11.8 Å². The molecular weight excluding hydrogens is 478 g/mol. The van der Waals surface area contributed by atoms with Crippen LogP contribution in [0.25, 0.3) is 0 Å². The Balaban J connectivity index is 1.38. The van der Waals surface area contributed by atoms with Crippen LogP contribution in [-0.4, -0.2) is 50.8 Å². The number of carbonyl (C=O) groups is 2. The number of benzene rings is 2. The van der Waals surface area contributed by atoms with Crippen molar-refractivity contribution in [1.29, 1.82) is 0 Å². The molecule has 1 amide bonds. The lowest BCUT2D eigenvalue weighted by molar-refractivity contribution is -0.121. The molecule has 3 rings (SSSR count). The fourth-order valence-corrected chi connectivity index (χ4v) is 4.42. The summed E-state index contributed by atoms with van der Waals surface area (Å²) in [7, 11) is -2.70. The number of carbonyl (C=O) groups excluding carboxylic acids is 2. The number of anilines is 1. The van der Waals surface area contributed by atoms with Gasteiger partial charge in [0.25, 0.3) is 0 Å². The molecule has 0 aromatic heterocycles. The van der Waals surface area contributed by atoms with Gasteiger partial charge in [0, 0.05) is 13.0 Å². The van der Waals surface area contributed by atoms with Crippen molar-refractivity contribution in [1.82, 2.24) is 10.0 Å². The summed E-state index contributed by atoms with van der Waals surface area (Å²) in [4.78, 5) is 23.9. The number of unbranched alkanes of at least 4 members (excludes halogenated alkanes) is 1. The Kier molecular flexibility index (Phi) is 8.42. The molecule has 2 aromatic carbocycles. The zero-order valence-corrected chi connectivity index (χ0v) is 19.9. The summed E-state index contributed by atoms with van der Waals surface area (Å²) in [5.74, 6) is -1.03. The van der Waals surface area contributed by atoms with E-state index in [1.54, 1.807) is 30.3 Å². The molecule has 0 saturated carbocycles. The minimum Gasteiger partial charge on any atom is -0.506 e. The third-order valence-corrected chi connectivity index (χ3v) is 6.38. The number of aliphatic hydroxyl groups excluding tert-OH is 1. The van der Waals surface area contributed by atoms with Crippen LogP contribution in [0.1, 0.15) is 35.2 Å². The van der Waals surface area contributed by atoms with Crippen LogP contribution in [0.15, 0.2) is 54.5 Å². The van der Waals surface area contributed by atoms with Crippen molar-refractivity contribution in [3.63, 3.8) is 0 Å². The van der Waals surface area contributed by atoms with Gasteiger partial charge in [-0.1, -0.05) is 18.2 Å². The van der Waals surface area contributed by atoms with Crippen molar-refractivity contribution in [2.75, 3.05) is 24.6 Å². The molecule has 2 aromatic rings. The Bertz CT molecular complexity index is 1210. The van der Waals surface area contributed by atoms with Gasteiger partial charge in [0.05, 0.1) is 19.9 Å². The highest BCUT2D eigenvalue weighted by molar-refractivity contribution is 7.91. The van der Waals surface area contributed by atoms with Crippen molar-refractivity contribution in [2.24, 2.45) is 0 Å². The van der Waals surface area contributed by atoms with Gasteiger partial charge in [-0.15, -0.1) is 0 Å². The number of rotatable bonds is 11. The van der Waals surface area contributed by atoms with Crippen LogP contribution in [-0.2, 0) is 26.2 Å². The highest BCUT2D eigenvalue weighted by Crippen LogP contribution is 2.32. The van der Waals surface area contributed by atoms with E-state index in [0.29, 0.717) is 49.3 Å². The standard InChI is InChI=1S/C23H27N3O8S/c1-33-23(30)17-6-2-3-7-20(17)34-13-5-4-12-24-21(28)11-9-16-8-10-18(19(27)14-16)26-15-22(29)25-35(26,31)32/h2-3,6-8,10,14-15,25,27,29H,4-5,9,11-13H2,1H3,(H,24,28). The number of esters is 1. The van der Waals surface area contributed by atoms with E-state index in [-0.39, 0.29) is 23.8 Å². The summed E-state index contributed by atoms with van der Waals surface area (Å²) in [5.41, 5.74) is 0.985. The Morgan fingerprint density at radius 3 is 2.57 bits per heavy atom. The first kappa shape index (κ1) is 25.7. The molecule has 1 heterocycles. The van der Waals surface area contributed by atoms with Crippen molar-refractivity contribution in [3.8, 4) is 11.5 Å². The van der Waals surface area contributed by atoms with Crippen LogP contribution in [0.5, 0.6) is 11.5 Å². The van der Waals surface area contributed by atoms with Crippen LogP contribution in [0.4, 0.5) is 5.69 Å². The van der Waals surface area contributed by atoms with Gasteiger partial charge in [0.1, 0.15) is 22.7 Å². The molecule has 0 bridgehead atoms. The smallest absolute Gasteiger partial charge is 0.341 e. The average Bonchev–Trinajstić information content (AvgIpc) is 3.11. The lowest BCUT2D eigenvalue weighted by Gasteiger charge is -2.16. The number of para-hydroxylation sites is 1. The highest BCUT2D eigenvalue weighted by Gasteiger charge is 2.30. The van der Waals surface area contributed by atoms with E-state index >= 15 is 0 Å². The quantitative estimate of drug-likeness (QED) is 0.267. The number of methoxy groups -OCH3 is 1. The topological polar surface area (TPSA) is 154 Å². The van der Waals surface area contributed by atoms with E-state index in [4.69, 9.17) is 9.47 Å². The predicted molar refractivity (Wildman–Crippen MR) is 127 cm³/mol. The summed E-state index contributed by atoms with van der Waals surface area (Å²) in [5, 5.41) is 22.4. The molecule has 0 atom stereocenters. The Morgan fingerprint density at radius 1 is 1.11 bits per heavy atom. The summed E-state index contributed by atoms with van der Waals surface area (Å²) >= 11 is 0. The summed E-state index contributed by atoms with van der Waals surface area (Å²) in [6, 6.07) is 11.2. The van der Waals surface area contributed by atoms with Crippen molar-refractivity contribution in [2.45, 2.75) is 25.7 Å². The largest absolute Gasteiger partial charge is 0.506 e. The molecular formula is C23H27N3O8S. The molecule has 1 aliphatic rings. The van der Waals surface area contributed by atoms with Gasteiger partial charge in [0.15, 0.2) is 0 Å². The highest BCUT2D eigenvalue weighted by atomic mass is 32.2. The van der Waals surface area contributed by atoms with Gasteiger partial charge < -0.3 is 25.0 Å². The van der Waals surface area contributed by atoms with Crippen LogP contribution >= 0.6 is 0 Å². The van der Waals surface area contributed by atoms with Gasteiger partial charge in [-0.25, -0.2) is 13.8 Å². The first-order valence-corrected chi connectivity index (χ1v) is 12.3. The lowest BCUT2D eigenvalue weighted by atomic mass is 10.1. The second kappa shape index (κ2) is 11.5. The van der Waals surface area contributed by atoms with E-state index in [1.165, 1.54) is 19.2 Å². The Hall–Kier alpha value is -3.93. The van der Waals surface area contributed by atoms with Gasteiger partial charge in [-0.3, -0.25) is 4.79 Å². The molecule has 0 radical (unpaired) electrons. The third-order valence-electron chi connectivity index (χ3n) is 5.09. The Labute approximate surface area is 203 Å². The first-order chi connectivity index (χ1) is 16.7. The van der Waals surface area contributed by atoms with Crippen molar-refractivity contribution in [3.05, 3.63) is 65.7 Å². The van der Waals surface area contributed by atoms with Crippen LogP contribution in [0.2, 0.25) is 0 Å². The Morgan fingerprint density at radius 2 is 1.89 bits per heavy atom. The number of ether oxygens (including phenoxy) is 2. The van der Waals surface area contributed by atoms with E-state index in [1.807, 2.05) is 4.72 Å². The number of nitrogens with one attached hydrogen (secondary N) is 2. The number of amides is 1. The number of hydrogen-bond acceptors (Lipinski definition) is 8. The van der Waals surface area contributed by atoms with Crippen molar-refractivity contribution >= 4 is 27.8 Å².